The van der Waals surface area contributed by atoms with Gasteiger partial charge in [0.1, 0.15) is 4.88 Å². The number of aromatic nitrogens is 2. The smallest absolute Gasteiger partial charge is 0.263 e. The number of fused-ring (bicyclic) bond motifs is 1. The number of amides is 1. The molecule has 2 aromatic rings. The van der Waals surface area contributed by atoms with Crippen LogP contribution in [0.15, 0.2) is 0 Å². The minimum Gasteiger partial charge on any atom is -0.362 e. The highest BCUT2D eigenvalue weighted by molar-refractivity contribution is 7.17. The van der Waals surface area contributed by atoms with E-state index in [1.807, 2.05) is 20.8 Å². The van der Waals surface area contributed by atoms with Gasteiger partial charge in [0.25, 0.3) is 5.91 Å². The summed E-state index contributed by atoms with van der Waals surface area (Å²) in [4.78, 5) is 23.6. The average Bonchev–Trinajstić information content (AvgIpc) is 3.02. The van der Waals surface area contributed by atoms with Crippen LogP contribution < -0.4 is 10.6 Å². The van der Waals surface area contributed by atoms with E-state index >= 15 is 0 Å². The second-order valence-corrected chi connectivity index (χ2v) is 7.71. The number of anilines is 1. The Balaban J connectivity index is 1.77. The topological polar surface area (TPSA) is 66.9 Å². The van der Waals surface area contributed by atoms with Crippen LogP contribution in [0.5, 0.6) is 0 Å². The van der Waals surface area contributed by atoms with Crippen molar-refractivity contribution in [1.82, 2.24) is 15.3 Å². The number of hydrogen-bond donors (Lipinski definition) is 2. The van der Waals surface area contributed by atoms with Crippen molar-refractivity contribution in [2.75, 3.05) is 11.9 Å². The Labute approximate surface area is 138 Å². The molecule has 5 nitrogen and oxygen atoms in total. The molecule has 22 heavy (non-hydrogen) atoms. The maximum Gasteiger partial charge on any atom is 0.263 e. The van der Waals surface area contributed by atoms with Gasteiger partial charge in [-0.05, 0) is 40.0 Å². The van der Waals surface area contributed by atoms with E-state index in [0.29, 0.717) is 4.88 Å². The minimum atomic E-state index is -0.0392. The maximum atomic E-state index is 12.6. The van der Waals surface area contributed by atoms with Crippen LogP contribution in [0, 0.1) is 13.8 Å². The van der Waals surface area contributed by atoms with Gasteiger partial charge in [0.2, 0.25) is 0 Å². The monoisotopic (exact) mass is 336 g/mol. The molecule has 3 rings (SSSR count). The summed E-state index contributed by atoms with van der Waals surface area (Å²) in [6, 6.07) is 0.0327. The number of rotatable bonds is 4. The Kier molecular flexibility index (Phi) is 4.44. The number of nitrogens with one attached hydrogen (secondary N) is 2. The van der Waals surface area contributed by atoms with Gasteiger partial charge in [0.15, 0.2) is 5.13 Å². The summed E-state index contributed by atoms with van der Waals surface area (Å²) in [5.74, 6) is -0.0392. The summed E-state index contributed by atoms with van der Waals surface area (Å²) in [6.45, 7) is 6.73. The Morgan fingerprint density at radius 3 is 2.91 bits per heavy atom. The molecule has 2 N–H and O–H groups in total. The number of thiazole rings is 2. The van der Waals surface area contributed by atoms with Gasteiger partial charge in [-0.15, -0.1) is 11.3 Å². The summed E-state index contributed by atoms with van der Waals surface area (Å²) in [6.07, 6.45) is 3.14. The molecule has 118 valence electrons. The second kappa shape index (κ2) is 6.34. The van der Waals surface area contributed by atoms with Gasteiger partial charge in [0.05, 0.1) is 22.4 Å². The highest BCUT2D eigenvalue weighted by Gasteiger charge is 2.27. The van der Waals surface area contributed by atoms with Crippen LogP contribution in [0.3, 0.4) is 0 Å². The van der Waals surface area contributed by atoms with Crippen molar-refractivity contribution in [1.29, 1.82) is 0 Å². The highest BCUT2D eigenvalue weighted by atomic mass is 32.1. The molecule has 0 bridgehead atoms. The Morgan fingerprint density at radius 1 is 1.32 bits per heavy atom. The van der Waals surface area contributed by atoms with E-state index < -0.39 is 0 Å². The second-order valence-electron chi connectivity index (χ2n) is 5.42. The van der Waals surface area contributed by atoms with Crippen molar-refractivity contribution >= 4 is 33.7 Å². The molecule has 1 atom stereocenters. The molecule has 0 radical (unpaired) electrons. The van der Waals surface area contributed by atoms with E-state index in [9.17, 15) is 4.79 Å². The average molecular weight is 336 g/mol. The van der Waals surface area contributed by atoms with Gasteiger partial charge in [-0.1, -0.05) is 11.3 Å². The van der Waals surface area contributed by atoms with E-state index in [2.05, 4.69) is 20.6 Å². The van der Waals surface area contributed by atoms with Crippen LogP contribution >= 0.6 is 22.7 Å². The van der Waals surface area contributed by atoms with Crippen molar-refractivity contribution in [3.05, 3.63) is 26.1 Å². The molecule has 7 heteroatoms. The zero-order chi connectivity index (χ0) is 15.7. The van der Waals surface area contributed by atoms with Crippen molar-refractivity contribution in [3.8, 4) is 0 Å². The van der Waals surface area contributed by atoms with Crippen LogP contribution in [-0.2, 0) is 6.42 Å². The molecule has 1 aliphatic carbocycles. The SMILES string of the molecule is CCNc1nc(C)c(C(=O)N[C@H]2CCCc3sc(C)nc32)s1. The molecular weight excluding hydrogens is 316 g/mol. The molecule has 2 heterocycles. The normalized spacial score (nSPS) is 17.1. The first-order chi connectivity index (χ1) is 10.6. The van der Waals surface area contributed by atoms with Crippen LogP contribution in [-0.4, -0.2) is 22.4 Å². The predicted octanol–water partition coefficient (Wildman–Crippen LogP) is 3.46. The predicted molar refractivity (Wildman–Crippen MR) is 91.0 cm³/mol. The third-order valence-electron chi connectivity index (χ3n) is 3.70. The zero-order valence-electron chi connectivity index (χ0n) is 13.0. The fourth-order valence-corrected chi connectivity index (χ4v) is 4.72. The molecule has 0 fully saturated rings. The van der Waals surface area contributed by atoms with Gasteiger partial charge in [0, 0.05) is 11.4 Å². The lowest BCUT2D eigenvalue weighted by molar-refractivity contribution is 0.0935. The van der Waals surface area contributed by atoms with E-state index in [0.717, 1.165) is 47.3 Å². The van der Waals surface area contributed by atoms with Gasteiger partial charge >= 0.3 is 0 Å². The van der Waals surface area contributed by atoms with Crippen LogP contribution in [0.25, 0.3) is 0 Å². The van der Waals surface area contributed by atoms with E-state index in [1.54, 1.807) is 11.3 Å². The Bertz CT molecular complexity index is 692. The van der Waals surface area contributed by atoms with Gasteiger partial charge in [-0.3, -0.25) is 4.79 Å². The van der Waals surface area contributed by atoms with Crippen molar-refractivity contribution < 1.29 is 4.79 Å². The number of carbonyl (C=O) groups excluding carboxylic acids is 1. The third-order valence-corrected chi connectivity index (χ3v) is 5.86. The molecule has 1 amide bonds. The minimum absolute atomic E-state index is 0.0327. The maximum absolute atomic E-state index is 12.6. The fourth-order valence-electron chi connectivity index (χ4n) is 2.74. The molecule has 0 aliphatic heterocycles. The Hall–Kier alpha value is -1.47. The number of nitrogens with zero attached hydrogens (tertiary/aromatic N) is 2. The summed E-state index contributed by atoms with van der Waals surface area (Å²) in [5.41, 5.74) is 1.85. The summed E-state index contributed by atoms with van der Waals surface area (Å²) in [7, 11) is 0. The first kappa shape index (κ1) is 15.4. The third kappa shape index (κ3) is 3.01. The van der Waals surface area contributed by atoms with E-state index in [1.165, 1.54) is 16.2 Å². The van der Waals surface area contributed by atoms with E-state index in [-0.39, 0.29) is 11.9 Å². The fraction of sp³-hybridized carbons (Fsp3) is 0.533. The molecule has 0 aromatic carbocycles. The van der Waals surface area contributed by atoms with Crippen LogP contribution in [0.2, 0.25) is 0 Å². The standard InChI is InChI=1S/C15H20N4OS2/c1-4-16-15-17-8(2)13(22-15)14(20)19-10-6-5-7-11-12(10)18-9(3)21-11/h10H,4-7H2,1-3H3,(H,16,17)(H,19,20)/t10-/m0/s1. The lowest BCUT2D eigenvalue weighted by Crippen LogP contribution is -2.30. The lowest BCUT2D eigenvalue weighted by atomic mass is 9.97. The number of aryl methyl sites for hydroxylation is 3. The lowest BCUT2D eigenvalue weighted by Gasteiger charge is -2.22. The van der Waals surface area contributed by atoms with Crippen molar-refractivity contribution in [2.45, 2.75) is 46.1 Å². The van der Waals surface area contributed by atoms with Gasteiger partial charge < -0.3 is 10.6 Å². The highest BCUT2D eigenvalue weighted by Crippen LogP contribution is 2.33. The van der Waals surface area contributed by atoms with Gasteiger partial charge in [-0.2, -0.15) is 0 Å². The first-order valence-corrected chi connectivity index (χ1v) is 9.20. The van der Waals surface area contributed by atoms with Gasteiger partial charge in [-0.25, -0.2) is 9.97 Å². The molecule has 1 aliphatic rings. The first-order valence-electron chi connectivity index (χ1n) is 7.56. The molecular formula is C15H20N4OS2. The molecule has 2 aromatic heterocycles. The number of carbonyl (C=O) groups is 1. The molecule has 0 spiro atoms. The van der Waals surface area contributed by atoms with E-state index in [4.69, 9.17) is 0 Å². The summed E-state index contributed by atoms with van der Waals surface area (Å²) >= 11 is 3.16. The molecule has 0 saturated carbocycles. The van der Waals surface area contributed by atoms with Crippen molar-refractivity contribution in [3.63, 3.8) is 0 Å². The Morgan fingerprint density at radius 2 is 2.14 bits per heavy atom. The summed E-state index contributed by atoms with van der Waals surface area (Å²) < 4.78 is 0. The van der Waals surface area contributed by atoms with Crippen LogP contribution in [0.4, 0.5) is 5.13 Å². The zero-order valence-corrected chi connectivity index (χ0v) is 14.7. The quantitative estimate of drug-likeness (QED) is 0.897. The van der Waals surface area contributed by atoms with Crippen molar-refractivity contribution in [2.24, 2.45) is 0 Å². The molecule has 0 unspecified atom stereocenters. The molecule has 0 saturated heterocycles. The summed E-state index contributed by atoms with van der Waals surface area (Å²) in [5, 5.41) is 8.19. The largest absolute Gasteiger partial charge is 0.362 e. The van der Waals surface area contributed by atoms with Crippen LogP contribution in [0.1, 0.15) is 56.8 Å². The number of hydrogen-bond acceptors (Lipinski definition) is 6.